The fraction of sp³-hybridized carbons (Fsp3) is 0.500. The molecular formula is C12H18ClNO. The molecule has 0 amide bonds. The van der Waals surface area contributed by atoms with Crippen LogP contribution in [0.1, 0.15) is 24.4 Å². The van der Waals surface area contributed by atoms with E-state index in [1.165, 1.54) is 5.56 Å². The molecule has 0 bridgehead atoms. The molecule has 0 aromatic heterocycles. The minimum absolute atomic E-state index is 0. The zero-order valence-corrected chi connectivity index (χ0v) is 9.58. The Bertz CT molecular complexity index is 272. The lowest BCUT2D eigenvalue weighted by atomic mass is 9.88. The molecule has 2 N–H and O–H groups in total. The highest BCUT2D eigenvalue weighted by Crippen LogP contribution is 2.27. The molecule has 0 aliphatic carbocycles. The maximum absolute atomic E-state index is 6.21. The Morgan fingerprint density at radius 3 is 2.33 bits per heavy atom. The van der Waals surface area contributed by atoms with Crippen molar-refractivity contribution in [2.45, 2.75) is 18.9 Å². The van der Waals surface area contributed by atoms with Gasteiger partial charge in [0, 0.05) is 19.3 Å². The lowest BCUT2D eigenvalue weighted by molar-refractivity contribution is 0.0584. The summed E-state index contributed by atoms with van der Waals surface area (Å²) in [6.45, 7) is 1.73. The van der Waals surface area contributed by atoms with E-state index in [0.29, 0.717) is 5.92 Å². The Kier molecular flexibility index (Phi) is 5.09. The lowest BCUT2D eigenvalue weighted by Gasteiger charge is -2.27. The Balaban J connectivity index is 0.00000112. The van der Waals surface area contributed by atoms with Gasteiger partial charge in [-0.05, 0) is 24.3 Å². The van der Waals surface area contributed by atoms with Crippen LogP contribution in [0.15, 0.2) is 30.3 Å². The highest BCUT2D eigenvalue weighted by atomic mass is 35.5. The highest BCUT2D eigenvalue weighted by Gasteiger charge is 2.21. The number of rotatable bonds is 2. The molecular weight excluding hydrogens is 210 g/mol. The third kappa shape index (κ3) is 3.20. The number of nitrogens with two attached hydrogens (primary N) is 1. The Morgan fingerprint density at radius 1 is 1.13 bits per heavy atom. The lowest BCUT2D eigenvalue weighted by Crippen LogP contribution is -2.27. The van der Waals surface area contributed by atoms with Gasteiger partial charge in [-0.15, -0.1) is 12.4 Å². The predicted octanol–water partition coefficient (Wildman–Crippen LogP) is 2.53. The number of halogens is 1. The molecule has 0 saturated carbocycles. The first-order valence-corrected chi connectivity index (χ1v) is 5.26. The Morgan fingerprint density at radius 2 is 1.73 bits per heavy atom. The van der Waals surface area contributed by atoms with Crippen LogP contribution in [0.3, 0.4) is 0 Å². The van der Waals surface area contributed by atoms with Crippen molar-refractivity contribution in [1.82, 2.24) is 0 Å². The molecule has 1 heterocycles. The van der Waals surface area contributed by atoms with Gasteiger partial charge in [-0.1, -0.05) is 30.3 Å². The summed E-state index contributed by atoms with van der Waals surface area (Å²) in [4.78, 5) is 0. The van der Waals surface area contributed by atoms with E-state index < -0.39 is 0 Å². The molecule has 2 rings (SSSR count). The molecule has 0 spiro atoms. The average Bonchev–Trinajstić information content (AvgIpc) is 2.30. The van der Waals surface area contributed by atoms with Crippen LogP contribution in [-0.2, 0) is 4.74 Å². The number of hydrogen-bond acceptors (Lipinski definition) is 2. The van der Waals surface area contributed by atoms with Gasteiger partial charge in [0.25, 0.3) is 0 Å². The molecule has 1 fully saturated rings. The highest BCUT2D eigenvalue weighted by molar-refractivity contribution is 5.85. The molecule has 0 radical (unpaired) electrons. The molecule has 84 valence electrons. The largest absolute Gasteiger partial charge is 0.381 e. The summed E-state index contributed by atoms with van der Waals surface area (Å²) >= 11 is 0. The average molecular weight is 228 g/mol. The predicted molar refractivity (Wildman–Crippen MR) is 64.2 cm³/mol. The molecule has 1 aliphatic rings. The van der Waals surface area contributed by atoms with E-state index in [0.717, 1.165) is 26.1 Å². The van der Waals surface area contributed by atoms with E-state index in [2.05, 4.69) is 24.3 Å². The molecule has 1 aromatic carbocycles. The smallest absolute Gasteiger partial charge is 0.0469 e. The topological polar surface area (TPSA) is 35.2 Å². The summed E-state index contributed by atoms with van der Waals surface area (Å²) in [5, 5.41) is 0. The molecule has 2 nitrogen and oxygen atoms in total. The second-order valence-corrected chi connectivity index (χ2v) is 3.89. The van der Waals surface area contributed by atoms with Gasteiger partial charge in [-0.3, -0.25) is 0 Å². The van der Waals surface area contributed by atoms with Crippen LogP contribution in [0.25, 0.3) is 0 Å². The second kappa shape index (κ2) is 6.11. The van der Waals surface area contributed by atoms with Crippen LogP contribution in [0, 0.1) is 5.92 Å². The van der Waals surface area contributed by atoms with Gasteiger partial charge in [0.05, 0.1) is 0 Å². The fourth-order valence-electron chi connectivity index (χ4n) is 2.02. The van der Waals surface area contributed by atoms with E-state index in [1.807, 2.05) is 6.07 Å². The number of ether oxygens (including phenoxy) is 1. The van der Waals surface area contributed by atoms with E-state index in [-0.39, 0.29) is 18.4 Å². The van der Waals surface area contributed by atoms with E-state index >= 15 is 0 Å². The van der Waals surface area contributed by atoms with E-state index in [1.54, 1.807) is 0 Å². The van der Waals surface area contributed by atoms with Crippen LogP contribution in [-0.4, -0.2) is 13.2 Å². The first-order chi connectivity index (χ1) is 6.88. The van der Waals surface area contributed by atoms with Gasteiger partial charge in [0.2, 0.25) is 0 Å². The number of hydrogen-bond donors (Lipinski definition) is 1. The van der Waals surface area contributed by atoms with Crippen LogP contribution < -0.4 is 5.73 Å². The minimum atomic E-state index is 0. The molecule has 1 atom stereocenters. The van der Waals surface area contributed by atoms with Crippen molar-refractivity contribution in [3.05, 3.63) is 35.9 Å². The normalized spacial score (nSPS) is 19.3. The van der Waals surface area contributed by atoms with Gasteiger partial charge in [-0.25, -0.2) is 0 Å². The molecule has 3 heteroatoms. The maximum atomic E-state index is 6.21. The Hall–Kier alpha value is -0.570. The molecule has 1 aliphatic heterocycles. The fourth-order valence-corrected chi connectivity index (χ4v) is 2.02. The van der Waals surface area contributed by atoms with Crippen molar-refractivity contribution in [2.24, 2.45) is 11.7 Å². The van der Waals surface area contributed by atoms with E-state index in [4.69, 9.17) is 10.5 Å². The third-order valence-electron chi connectivity index (χ3n) is 2.96. The summed E-state index contributed by atoms with van der Waals surface area (Å²) in [6.07, 6.45) is 2.19. The van der Waals surface area contributed by atoms with Gasteiger partial charge in [0.15, 0.2) is 0 Å². The standard InChI is InChI=1S/C12H17NO.ClH/c13-12(10-4-2-1-3-5-10)11-6-8-14-9-7-11;/h1-5,11-12H,6-9,13H2;1H. The molecule has 15 heavy (non-hydrogen) atoms. The minimum Gasteiger partial charge on any atom is -0.381 e. The summed E-state index contributed by atoms with van der Waals surface area (Å²) < 4.78 is 5.33. The van der Waals surface area contributed by atoms with Crippen LogP contribution >= 0.6 is 12.4 Å². The van der Waals surface area contributed by atoms with Gasteiger partial charge < -0.3 is 10.5 Å². The van der Waals surface area contributed by atoms with Gasteiger partial charge in [-0.2, -0.15) is 0 Å². The van der Waals surface area contributed by atoms with E-state index in [9.17, 15) is 0 Å². The quantitative estimate of drug-likeness (QED) is 0.843. The monoisotopic (exact) mass is 227 g/mol. The third-order valence-corrected chi connectivity index (χ3v) is 2.96. The first kappa shape index (κ1) is 12.5. The molecule has 1 unspecified atom stereocenters. The van der Waals surface area contributed by atoms with Crippen molar-refractivity contribution in [2.75, 3.05) is 13.2 Å². The van der Waals surface area contributed by atoms with Crippen molar-refractivity contribution in [3.63, 3.8) is 0 Å². The Labute approximate surface area is 97.2 Å². The summed E-state index contributed by atoms with van der Waals surface area (Å²) in [7, 11) is 0. The zero-order chi connectivity index (χ0) is 9.80. The van der Waals surface area contributed by atoms with Crippen molar-refractivity contribution in [3.8, 4) is 0 Å². The molecule has 1 saturated heterocycles. The number of benzene rings is 1. The second-order valence-electron chi connectivity index (χ2n) is 3.89. The van der Waals surface area contributed by atoms with Gasteiger partial charge in [0.1, 0.15) is 0 Å². The van der Waals surface area contributed by atoms with Crippen LogP contribution in [0.4, 0.5) is 0 Å². The first-order valence-electron chi connectivity index (χ1n) is 5.26. The van der Waals surface area contributed by atoms with Crippen molar-refractivity contribution >= 4 is 12.4 Å². The zero-order valence-electron chi connectivity index (χ0n) is 8.76. The maximum Gasteiger partial charge on any atom is 0.0469 e. The van der Waals surface area contributed by atoms with Crippen molar-refractivity contribution in [1.29, 1.82) is 0 Å². The summed E-state index contributed by atoms with van der Waals surface area (Å²) in [5.41, 5.74) is 7.46. The SMILES string of the molecule is Cl.NC(c1ccccc1)C1CCOCC1. The summed E-state index contributed by atoms with van der Waals surface area (Å²) in [6, 6.07) is 10.5. The molecule has 1 aromatic rings. The van der Waals surface area contributed by atoms with Crippen LogP contribution in [0.5, 0.6) is 0 Å². The summed E-state index contributed by atoms with van der Waals surface area (Å²) in [5.74, 6) is 0.589. The van der Waals surface area contributed by atoms with Crippen molar-refractivity contribution < 1.29 is 4.74 Å². The van der Waals surface area contributed by atoms with Crippen LogP contribution in [0.2, 0.25) is 0 Å². The van der Waals surface area contributed by atoms with Gasteiger partial charge >= 0.3 is 0 Å².